The molecule has 1 aromatic heterocycles. The Balaban J connectivity index is 2.14. The van der Waals surface area contributed by atoms with Crippen LogP contribution in [0.25, 0.3) is 0 Å². The number of hydrogen-bond acceptors (Lipinski definition) is 4. The molecule has 0 unspecified atom stereocenters. The van der Waals surface area contributed by atoms with Crippen LogP contribution in [0.2, 0.25) is 0 Å². The third kappa shape index (κ3) is 2.59. The zero-order valence-electron chi connectivity index (χ0n) is 10.9. The molecular weight excluding hydrogens is 236 g/mol. The Bertz CT molecular complexity index is 453. The number of rotatable bonds is 2. The summed E-state index contributed by atoms with van der Waals surface area (Å²) in [7, 11) is 1.95. The Kier molecular flexibility index (Phi) is 3.65. The highest BCUT2D eigenvalue weighted by molar-refractivity contribution is 7.71. The minimum Gasteiger partial charge on any atom is -0.376 e. The lowest BCUT2D eigenvalue weighted by Gasteiger charge is -2.36. The maximum absolute atomic E-state index is 5.61. The Morgan fingerprint density at radius 1 is 1.47 bits per heavy atom. The molecule has 0 aromatic carbocycles. The van der Waals surface area contributed by atoms with Gasteiger partial charge in [0.05, 0.1) is 19.4 Å². The van der Waals surface area contributed by atoms with E-state index in [2.05, 4.69) is 23.8 Å². The quantitative estimate of drug-likeness (QED) is 0.748. The predicted molar refractivity (Wildman–Crippen MR) is 68.4 cm³/mol. The first-order valence-corrected chi connectivity index (χ1v) is 6.36. The van der Waals surface area contributed by atoms with Crippen molar-refractivity contribution in [1.29, 1.82) is 0 Å². The summed E-state index contributed by atoms with van der Waals surface area (Å²) in [4.78, 5) is 2.36. The summed E-state index contributed by atoms with van der Waals surface area (Å²) in [6.07, 6.45) is 0.283. The van der Waals surface area contributed by atoms with Gasteiger partial charge in [-0.25, -0.2) is 4.68 Å². The maximum Gasteiger partial charge on any atom is 0.198 e. The van der Waals surface area contributed by atoms with Crippen molar-refractivity contribution < 1.29 is 4.74 Å². The Morgan fingerprint density at radius 3 is 2.76 bits per heavy atom. The molecule has 1 aliphatic heterocycles. The van der Waals surface area contributed by atoms with Crippen molar-refractivity contribution in [3.8, 4) is 0 Å². The second-order valence-electron chi connectivity index (χ2n) is 4.79. The van der Waals surface area contributed by atoms with Crippen molar-refractivity contribution in [2.24, 2.45) is 7.05 Å². The normalized spacial score (nSPS) is 26.4. The van der Waals surface area contributed by atoms with E-state index >= 15 is 0 Å². The highest BCUT2D eigenvalue weighted by Gasteiger charge is 2.24. The van der Waals surface area contributed by atoms with Crippen molar-refractivity contribution in [2.45, 2.75) is 39.6 Å². The Morgan fingerprint density at radius 2 is 2.18 bits per heavy atom. The van der Waals surface area contributed by atoms with Gasteiger partial charge < -0.3 is 9.30 Å². The smallest absolute Gasteiger partial charge is 0.198 e. The van der Waals surface area contributed by atoms with Crippen LogP contribution in [0.5, 0.6) is 0 Å². The van der Waals surface area contributed by atoms with Gasteiger partial charge >= 0.3 is 0 Å². The van der Waals surface area contributed by atoms with Crippen molar-refractivity contribution in [2.75, 3.05) is 13.2 Å². The minimum atomic E-state index is 0.283. The molecule has 0 bridgehead atoms. The topological polar surface area (TPSA) is 35.2 Å². The summed E-state index contributed by atoms with van der Waals surface area (Å²) in [5.74, 6) is 0.948. The molecule has 0 N–H and O–H groups in total. The van der Waals surface area contributed by atoms with E-state index in [0.29, 0.717) is 6.04 Å². The number of aromatic nitrogens is 3. The lowest BCUT2D eigenvalue weighted by molar-refractivity contribution is -0.0625. The van der Waals surface area contributed by atoms with Crippen LogP contribution in [0.3, 0.4) is 0 Å². The Hall–Kier alpha value is -0.720. The van der Waals surface area contributed by atoms with Crippen LogP contribution in [-0.4, -0.2) is 44.5 Å². The number of nitrogens with zero attached hydrogens (tertiary/aromatic N) is 4. The summed E-state index contributed by atoms with van der Waals surface area (Å²) in [6, 6.07) is 0.412. The van der Waals surface area contributed by atoms with Crippen molar-refractivity contribution in [3.63, 3.8) is 0 Å². The summed E-state index contributed by atoms with van der Waals surface area (Å²) in [5, 5.41) is 4.46. The zero-order chi connectivity index (χ0) is 12.6. The van der Waals surface area contributed by atoms with E-state index in [0.717, 1.165) is 30.4 Å². The average molecular weight is 256 g/mol. The Labute approximate surface area is 107 Å². The molecule has 5 nitrogen and oxygen atoms in total. The van der Waals surface area contributed by atoms with Gasteiger partial charge in [0.25, 0.3) is 0 Å². The van der Waals surface area contributed by atoms with Gasteiger partial charge in [-0.05, 0) is 33.0 Å². The highest BCUT2D eigenvalue weighted by Crippen LogP contribution is 2.12. The fourth-order valence-electron chi connectivity index (χ4n) is 2.03. The van der Waals surface area contributed by atoms with Crippen molar-refractivity contribution >= 4 is 12.2 Å². The first-order chi connectivity index (χ1) is 7.99. The molecule has 0 amide bonds. The number of aryl methyl sites for hydroxylation is 1. The summed E-state index contributed by atoms with van der Waals surface area (Å²) in [5.41, 5.74) is 0. The van der Waals surface area contributed by atoms with Crippen molar-refractivity contribution in [3.05, 3.63) is 10.6 Å². The number of ether oxygens (including phenoxy) is 1. The van der Waals surface area contributed by atoms with Crippen LogP contribution in [0.1, 0.15) is 19.7 Å². The molecule has 0 saturated carbocycles. The molecule has 0 radical (unpaired) electrons. The SMILES string of the molecule is Cc1nn(CN2C[C@@H](C)OC[C@H]2C)c(=S)n1C. The molecule has 2 rings (SSSR count). The van der Waals surface area contributed by atoms with Gasteiger partial charge in [0.2, 0.25) is 0 Å². The molecule has 1 aromatic rings. The summed E-state index contributed by atoms with van der Waals surface area (Å²) < 4.78 is 10.2. The highest BCUT2D eigenvalue weighted by atomic mass is 32.1. The standard InChI is InChI=1S/C11H20N4OS/c1-8-6-16-9(2)5-14(8)7-15-11(17)13(4)10(3)12-15/h8-9H,5-7H2,1-4H3/t8-,9-/m1/s1. The second-order valence-corrected chi connectivity index (χ2v) is 5.16. The van der Waals surface area contributed by atoms with Crippen LogP contribution >= 0.6 is 12.2 Å². The molecule has 17 heavy (non-hydrogen) atoms. The molecule has 0 aliphatic carbocycles. The molecule has 2 atom stereocenters. The second kappa shape index (κ2) is 4.88. The van der Waals surface area contributed by atoms with Gasteiger partial charge in [0.15, 0.2) is 4.77 Å². The van der Waals surface area contributed by atoms with Gasteiger partial charge in [-0.3, -0.25) is 4.90 Å². The van der Waals surface area contributed by atoms with E-state index in [1.54, 1.807) is 0 Å². The van der Waals surface area contributed by atoms with E-state index in [9.17, 15) is 0 Å². The third-order valence-electron chi connectivity index (χ3n) is 3.31. The third-order valence-corrected chi connectivity index (χ3v) is 3.80. The van der Waals surface area contributed by atoms with Gasteiger partial charge in [-0.2, -0.15) is 5.10 Å². The molecule has 1 aliphatic rings. The van der Waals surface area contributed by atoms with E-state index in [-0.39, 0.29) is 6.10 Å². The molecular formula is C11H20N4OS. The van der Waals surface area contributed by atoms with Crippen LogP contribution in [-0.2, 0) is 18.5 Å². The van der Waals surface area contributed by atoms with Crippen LogP contribution in [0, 0.1) is 11.7 Å². The molecule has 0 spiro atoms. The fourth-order valence-corrected chi connectivity index (χ4v) is 2.26. The van der Waals surface area contributed by atoms with Crippen molar-refractivity contribution in [1.82, 2.24) is 19.2 Å². The van der Waals surface area contributed by atoms with Gasteiger partial charge in [-0.1, -0.05) is 0 Å². The summed E-state index contributed by atoms with van der Waals surface area (Å²) in [6.45, 7) is 8.69. The first-order valence-electron chi connectivity index (χ1n) is 5.95. The molecule has 96 valence electrons. The molecule has 6 heteroatoms. The van der Waals surface area contributed by atoms with Gasteiger partial charge in [0, 0.05) is 19.6 Å². The molecule has 1 fully saturated rings. The van der Waals surface area contributed by atoms with Gasteiger partial charge in [0.1, 0.15) is 5.82 Å². The van der Waals surface area contributed by atoms with E-state index in [4.69, 9.17) is 17.0 Å². The minimum absolute atomic E-state index is 0.283. The van der Waals surface area contributed by atoms with Gasteiger partial charge in [-0.15, -0.1) is 0 Å². The largest absolute Gasteiger partial charge is 0.376 e. The lowest BCUT2D eigenvalue weighted by atomic mass is 10.2. The molecule has 2 heterocycles. The average Bonchev–Trinajstić information content (AvgIpc) is 2.52. The number of morpholine rings is 1. The van der Waals surface area contributed by atoms with Crippen LogP contribution < -0.4 is 0 Å². The zero-order valence-corrected chi connectivity index (χ0v) is 11.7. The van der Waals surface area contributed by atoms with E-state index < -0.39 is 0 Å². The summed E-state index contributed by atoms with van der Waals surface area (Å²) >= 11 is 5.36. The predicted octanol–water partition coefficient (Wildman–Crippen LogP) is 1.33. The molecule has 1 saturated heterocycles. The first kappa shape index (κ1) is 12.7. The van der Waals surface area contributed by atoms with E-state index in [1.807, 2.05) is 23.2 Å². The lowest BCUT2D eigenvalue weighted by Crippen LogP contribution is -2.47. The monoisotopic (exact) mass is 256 g/mol. The fraction of sp³-hybridized carbons (Fsp3) is 0.818. The van der Waals surface area contributed by atoms with Crippen LogP contribution in [0.4, 0.5) is 0 Å². The number of hydrogen-bond donors (Lipinski definition) is 0. The van der Waals surface area contributed by atoms with E-state index in [1.165, 1.54) is 0 Å². The maximum atomic E-state index is 5.61. The van der Waals surface area contributed by atoms with Crippen LogP contribution in [0.15, 0.2) is 0 Å².